The number of primary amides is 1. The van der Waals surface area contributed by atoms with Crippen LogP contribution in [0.1, 0.15) is 32.1 Å². The molecule has 0 bridgehead atoms. The van der Waals surface area contributed by atoms with E-state index in [-0.39, 0.29) is 12.0 Å². The summed E-state index contributed by atoms with van der Waals surface area (Å²) in [6.45, 7) is 0.837. The number of nitrogens with two attached hydrogens (primary N) is 1. The number of piperidine rings is 1. The molecule has 1 amide bonds. The number of amides is 1. The summed E-state index contributed by atoms with van der Waals surface area (Å²) in [5.41, 5.74) is 4.20. The van der Waals surface area contributed by atoms with Crippen molar-refractivity contribution < 1.29 is 14.3 Å². The van der Waals surface area contributed by atoms with Crippen LogP contribution >= 0.6 is 0 Å². The van der Waals surface area contributed by atoms with E-state index in [2.05, 4.69) is 5.32 Å². The molecule has 15 heavy (non-hydrogen) atoms. The number of ether oxygens (including phenoxy) is 1. The van der Waals surface area contributed by atoms with Crippen LogP contribution in [0.2, 0.25) is 0 Å². The molecule has 5 heteroatoms. The van der Waals surface area contributed by atoms with Gasteiger partial charge in [0.1, 0.15) is 6.04 Å². The van der Waals surface area contributed by atoms with Gasteiger partial charge in [-0.05, 0) is 19.4 Å². The molecule has 2 aliphatic rings. The molecule has 1 heterocycles. The summed E-state index contributed by atoms with van der Waals surface area (Å²) in [5, 5.41) is 3.08. The van der Waals surface area contributed by atoms with E-state index in [4.69, 9.17) is 10.5 Å². The number of hydrogen-bond acceptors (Lipinski definition) is 4. The van der Waals surface area contributed by atoms with Gasteiger partial charge in [-0.3, -0.25) is 9.59 Å². The summed E-state index contributed by atoms with van der Waals surface area (Å²) < 4.78 is 5.17. The summed E-state index contributed by atoms with van der Waals surface area (Å²) in [6, 6.07) is -0.254. The summed E-state index contributed by atoms with van der Waals surface area (Å²) in [7, 11) is 0. The lowest BCUT2D eigenvalue weighted by Crippen LogP contribution is -2.45. The lowest BCUT2D eigenvalue weighted by molar-refractivity contribution is -0.160. The van der Waals surface area contributed by atoms with Gasteiger partial charge in [0, 0.05) is 12.8 Å². The minimum atomic E-state index is -0.976. The minimum absolute atomic E-state index is 0.254. The van der Waals surface area contributed by atoms with Crippen LogP contribution in [0.15, 0.2) is 0 Å². The average Bonchev–Trinajstić information content (AvgIpc) is 3.00. The zero-order chi connectivity index (χ0) is 10.9. The van der Waals surface area contributed by atoms with E-state index in [9.17, 15) is 9.59 Å². The number of carbonyl (C=O) groups is 2. The molecular weight excluding hydrogens is 196 g/mol. The van der Waals surface area contributed by atoms with Gasteiger partial charge in [-0.1, -0.05) is 6.42 Å². The summed E-state index contributed by atoms with van der Waals surface area (Å²) in [5.74, 6) is -0.849. The first-order valence-electron chi connectivity index (χ1n) is 5.40. The molecule has 0 aromatic rings. The van der Waals surface area contributed by atoms with Gasteiger partial charge in [-0.15, -0.1) is 0 Å². The highest BCUT2D eigenvalue weighted by Crippen LogP contribution is 2.39. The molecule has 0 radical (unpaired) electrons. The van der Waals surface area contributed by atoms with Gasteiger partial charge >= 0.3 is 5.97 Å². The van der Waals surface area contributed by atoms with Crippen molar-refractivity contribution in [2.75, 3.05) is 6.54 Å². The lowest BCUT2D eigenvalue weighted by Gasteiger charge is -2.23. The minimum Gasteiger partial charge on any atom is -0.448 e. The fourth-order valence-electron chi connectivity index (χ4n) is 1.83. The Kier molecular flexibility index (Phi) is 2.65. The molecule has 1 saturated carbocycles. The first-order chi connectivity index (χ1) is 7.14. The molecule has 1 saturated heterocycles. The van der Waals surface area contributed by atoms with E-state index in [0.29, 0.717) is 12.8 Å². The van der Waals surface area contributed by atoms with Crippen LogP contribution in [0.4, 0.5) is 0 Å². The fourth-order valence-corrected chi connectivity index (χ4v) is 1.83. The summed E-state index contributed by atoms with van der Waals surface area (Å²) >= 11 is 0. The van der Waals surface area contributed by atoms with Gasteiger partial charge in [0.05, 0.1) is 0 Å². The molecule has 0 aromatic heterocycles. The molecule has 5 nitrogen and oxygen atoms in total. The second-order valence-corrected chi connectivity index (χ2v) is 4.28. The van der Waals surface area contributed by atoms with Crippen molar-refractivity contribution in [2.45, 2.75) is 43.7 Å². The third-order valence-corrected chi connectivity index (χ3v) is 3.04. The Balaban J connectivity index is 1.89. The third-order valence-electron chi connectivity index (χ3n) is 3.04. The van der Waals surface area contributed by atoms with Crippen LogP contribution in [0.3, 0.4) is 0 Å². The molecule has 1 atom stereocenters. The first-order valence-corrected chi connectivity index (χ1v) is 5.40. The molecule has 2 rings (SSSR count). The topological polar surface area (TPSA) is 81.4 Å². The Morgan fingerprint density at radius 3 is 2.53 bits per heavy atom. The highest BCUT2D eigenvalue weighted by molar-refractivity contribution is 5.90. The Bertz CT molecular complexity index is 280. The third kappa shape index (κ3) is 2.12. The van der Waals surface area contributed by atoms with Gasteiger partial charge in [0.2, 0.25) is 0 Å². The van der Waals surface area contributed by atoms with Crippen LogP contribution < -0.4 is 11.1 Å². The van der Waals surface area contributed by atoms with E-state index in [1.807, 2.05) is 0 Å². The van der Waals surface area contributed by atoms with Gasteiger partial charge in [0.25, 0.3) is 5.91 Å². The first kappa shape index (κ1) is 10.4. The van der Waals surface area contributed by atoms with E-state index in [1.165, 1.54) is 0 Å². The predicted molar refractivity (Wildman–Crippen MR) is 52.9 cm³/mol. The zero-order valence-electron chi connectivity index (χ0n) is 8.62. The number of carbonyl (C=O) groups excluding carboxylic acids is 2. The largest absolute Gasteiger partial charge is 0.448 e. The van der Waals surface area contributed by atoms with Crippen LogP contribution in [0.25, 0.3) is 0 Å². The van der Waals surface area contributed by atoms with Crippen LogP contribution in [-0.2, 0) is 14.3 Å². The average molecular weight is 212 g/mol. The SMILES string of the molecule is NC(=O)C1(OC(=O)C2CCCCN2)CC1. The fraction of sp³-hybridized carbons (Fsp3) is 0.800. The maximum absolute atomic E-state index is 11.7. The van der Waals surface area contributed by atoms with Crippen molar-refractivity contribution in [3.63, 3.8) is 0 Å². The Morgan fingerprint density at radius 1 is 1.33 bits per heavy atom. The van der Waals surface area contributed by atoms with Gasteiger partial charge in [0.15, 0.2) is 5.60 Å². The van der Waals surface area contributed by atoms with Gasteiger partial charge in [-0.25, -0.2) is 0 Å². The smallest absolute Gasteiger partial charge is 0.324 e. The Labute approximate surface area is 88.3 Å². The van der Waals surface area contributed by atoms with Crippen LogP contribution in [0, 0.1) is 0 Å². The summed E-state index contributed by atoms with van der Waals surface area (Å²) in [6.07, 6.45) is 4.04. The highest BCUT2D eigenvalue weighted by atomic mass is 16.6. The molecule has 1 aliphatic carbocycles. The van der Waals surface area contributed by atoms with Crippen LogP contribution in [0.5, 0.6) is 0 Å². The van der Waals surface area contributed by atoms with Crippen molar-refractivity contribution in [3.8, 4) is 0 Å². The Hall–Kier alpha value is -1.10. The van der Waals surface area contributed by atoms with E-state index >= 15 is 0 Å². The Morgan fingerprint density at radius 2 is 2.07 bits per heavy atom. The standard InChI is InChI=1S/C10H16N2O3/c11-9(14)10(4-5-10)15-8(13)7-3-1-2-6-12-7/h7,12H,1-6H2,(H2,11,14). The van der Waals surface area contributed by atoms with E-state index < -0.39 is 11.5 Å². The number of hydrogen-bond donors (Lipinski definition) is 2. The number of nitrogens with one attached hydrogen (secondary N) is 1. The molecule has 1 unspecified atom stereocenters. The quantitative estimate of drug-likeness (QED) is 0.629. The molecule has 0 spiro atoms. The molecule has 0 aromatic carbocycles. The molecule has 84 valence electrons. The molecular formula is C10H16N2O3. The van der Waals surface area contributed by atoms with Crippen molar-refractivity contribution in [1.29, 1.82) is 0 Å². The van der Waals surface area contributed by atoms with Crippen molar-refractivity contribution >= 4 is 11.9 Å². The van der Waals surface area contributed by atoms with Crippen LogP contribution in [-0.4, -0.2) is 30.1 Å². The molecule has 2 fully saturated rings. The van der Waals surface area contributed by atoms with E-state index in [1.54, 1.807) is 0 Å². The maximum atomic E-state index is 11.7. The normalized spacial score (nSPS) is 28.1. The van der Waals surface area contributed by atoms with Gasteiger partial charge < -0.3 is 15.8 Å². The van der Waals surface area contributed by atoms with Crippen molar-refractivity contribution in [3.05, 3.63) is 0 Å². The number of esters is 1. The monoisotopic (exact) mass is 212 g/mol. The number of rotatable bonds is 3. The second kappa shape index (κ2) is 3.81. The van der Waals surface area contributed by atoms with Crippen molar-refractivity contribution in [2.24, 2.45) is 5.73 Å². The zero-order valence-corrected chi connectivity index (χ0v) is 8.62. The highest BCUT2D eigenvalue weighted by Gasteiger charge is 2.53. The lowest BCUT2D eigenvalue weighted by atomic mass is 10.1. The van der Waals surface area contributed by atoms with Crippen molar-refractivity contribution in [1.82, 2.24) is 5.32 Å². The predicted octanol–water partition coefficient (Wildman–Crippen LogP) is -0.310. The summed E-state index contributed by atoms with van der Waals surface area (Å²) in [4.78, 5) is 22.7. The van der Waals surface area contributed by atoms with E-state index in [0.717, 1.165) is 25.8 Å². The molecule has 1 aliphatic heterocycles. The molecule has 3 N–H and O–H groups in total. The maximum Gasteiger partial charge on any atom is 0.324 e. The second-order valence-electron chi connectivity index (χ2n) is 4.28. The van der Waals surface area contributed by atoms with Gasteiger partial charge in [-0.2, -0.15) is 0 Å².